The first kappa shape index (κ1) is 19.0. The molecule has 1 aromatic carbocycles. The van der Waals surface area contributed by atoms with Crippen LogP contribution in [0.5, 0.6) is 5.75 Å². The zero-order valence-corrected chi connectivity index (χ0v) is 15.3. The third-order valence-electron chi connectivity index (χ3n) is 4.41. The molecule has 0 aliphatic carbocycles. The third-order valence-corrected chi connectivity index (χ3v) is 4.66. The molecule has 0 spiro atoms. The summed E-state index contributed by atoms with van der Waals surface area (Å²) >= 11 is 5.86. The van der Waals surface area contributed by atoms with Crippen LogP contribution in [0, 0.1) is 5.41 Å². The molecule has 1 aromatic rings. The molecule has 1 fully saturated rings. The maximum Gasteiger partial charge on any atom is 0.227 e. The van der Waals surface area contributed by atoms with E-state index in [0.717, 1.165) is 38.2 Å². The minimum Gasteiger partial charge on any atom is -0.492 e. The van der Waals surface area contributed by atoms with E-state index >= 15 is 0 Å². The first-order valence-corrected chi connectivity index (χ1v) is 8.79. The lowest BCUT2D eigenvalue weighted by Gasteiger charge is -2.39. The van der Waals surface area contributed by atoms with E-state index in [4.69, 9.17) is 21.1 Å². The van der Waals surface area contributed by atoms with Crippen LogP contribution in [0.4, 0.5) is 0 Å². The molecular weight excluding hydrogens is 328 g/mol. The summed E-state index contributed by atoms with van der Waals surface area (Å²) in [5, 5.41) is 3.67. The van der Waals surface area contributed by atoms with Crippen molar-refractivity contribution in [3.8, 4) is 5.75 Å². The van der Waals surface area contributed by atoms with Crippen LogP contribution in [-0.2, 0) is 9.53 Å². The number of carbonyl (C=O) groups excluding carboxylic acids is 1. The van der Waals surface area contributed by atoms with Gasteiger partial charge in [0, 0.05) is 31.8 Å². The van der Waals surface area contributed by atoms with Gasteiger partial charge in [-0.1, -0.05) is 11.6 Å². The molecule has 1 aliphatic heterocycles. The van der Waals surface area contributed by atoms with Gasteiger partial charge in [-0.3, -0.25) is 9.69 Å². The summed E-state index contributed by atoms with van der Waals surface area (Å²) in [6.45, 7) is 6.32. The molecule has 0 aromatic heterocycles. The molecule has 1 aliphatic rings. The SMILES string of the molecule is COCCNC(=O)C1(C)CCCN(CCOc2ccc(Cl)cc2)C1. The summed E-state index contributed by atoms with van der Waals surface area (Å²) in [5.41, 5.74) is -0.341. The molecular formula is C18H27ClN2O3. The molecule has 0 saturated carbocycles. The van der Waals surface area contributed by atoms with Gasteiger partial charge in [-0.05, 0) is 50.6 Å². The van der Waals surface area contributed by atoms with Crippen molar-refractivity contribution in [1.29, 1.82) is 0 Å². The highest BCUT2D eigenvalue weighted by molar-refractivity contribution is 6.30. The Morgan fingerprint density at radius 2 is 2.08 bits per heavy atom. The van der Waals surface area contributed by atoms with Gasteiger partial charge < -0.3 is 14.8 Å². The van der Waals surface area contributed by atoms with Gasteiger partial charge in [-0.25, -0.2) is 0 Å². The summed E-state index contributed by atoms with van der Waals surface area (Å²) in [5.74, 6) is 0.930. The van der Waals surface area contributed by atoms with Gasteiger partial charge >= 0.3 is 0 Å². The molecule has 5 nitrogen and oxygen atoms in total. The number of amides is 1. The molecule has 1 saturated heterocycles. The lowest BCUT2D eigenvalue weighted by atomic mass is 9.81. The van der Waals surface area contributed by atoms with Crippen molar-refractivity contribution >= 4 is 17.5 Å². The number of piperidine rings is 1. The van der Waals surface area contributed by atoms with E-state index in [2.05, 4.69) is 10.2 Å². The number of nitrogens with one attached hydrogen (secondary N) is 1. The fourth-order valence-electron chi connectivity index (χ4n) is 3.02. The average molecular weight is 355 g/mol. The molecule has 1 N–H and O–H groups in total. The Bertz CT molecular complexity index is 524. The number of hydrogen-bond acceptors (Lipinski definition) is 4. The Morgan fingerprint density at radius 1 is 1.33 bits per heavy atom. The van der Waals surface area contributed by atoms with E-state index in [1.807, 2.05) is 31.2 Å². The number of likely N-dealkylation sites (tertiary alicyclic amines) is 1. The van der Waals surface area contributed by atoms with E-state index in [0.29, 0.717) is 24.8 Å². The Balaban J connectivity index is 1.77. The molecule has 24 heavy (non-hydrogen) atoms. The van der Waals surface area contributed by atoms with Crippen LogP contribution in [-0.4, -0.2) is 57.3 Å². The van der Waals surface area contributed by atoms with Gasteiger partial charge in [0.15, 0.2) is 0 Å². The van der Waals surface area contributed by atoms with Gasteiger partial charge in [0.05, 0.1) is 12.0 Å². The standard InChI is InChI=1S/C18H27ClN2O3/c1-18(17(22)20-9-12-23-2)8-3-10-21(14-18)11-13-24-16-6-4-15(19)5-7-16/h4-7H,3,8-14H2,1-2H3,(H,20,22). The van der Waals surface area contributed by atoms with Crippen LogP contribution in [0.1, 0.15) is 19.8 Å². The number of carbonyl (C=O) groups is 1. The summed E-state index contributed by atoms with van der Waals surface area (Å²) in [6, 6.07) is 7.37. The predicted molar refractivity (Wildman–Crippen MR) is 95.6 cm³/mol. The fourth-order valence-corrected chi connectivity index (χ4v) is 3.15. The van der Waals surface area contributed by atoms with E-state index in [9.17, 15) is 4.79 Å². The van der Waals surface area contributed by atoms with Crippen LogP contribution in [0.3, 0.4) is 0 Å². The third kappa shape index (κ3) is 5.65. The smallest absolute Gasteiger partial charge is 0.227 e. The summed E-state index contributed by atoms with van der Waals surface area (Å²) < 4.78 is 10.7. The van der Waals surface area contributed by atoms with Crippen molar-refractivity contribution < 1.29 is 14.3 Å². The van der Waals surface area contributed by atoms with Crippen LogP contribution in [0.25, 0.3) is 0 Å². The number of benzene rings is 1. The van der Waals surface area contributed by atoms with Crippen molar-refractivity contribution in [2.45, 2.75) is 19.8 Å². The number of ether oxygens (including phenoxy) is 2. The quantitative estimate of drug-likeness (QED) is 0.729. The first-order valence-electron chi connectivity index (χ1n) is 8.41. The van der Waals surface area contributed by atoms with Gasteiger partial charge in [0.25, 0.3) is 0 Å². The van der Waals surface area contributed by atoms with Crippen LogP contribution >= 0.6 is 11.6 Å². The molecule has 134 valence electrons. The minimum atomic E-state index is -0.341. The predicted octanol–water partition coefficient (Wildman–Crippen LogP) is 2.58. The maximum absolute atomic E-state index is 12.4. The Morgan fingerprint density at radius 3 is 2.79 bits per heavy atom. The summed E-state index contributed by atoms with van der Waals surface area (Å²) in [7, 11) is 1.64. The molecule has 1 amide bonds. The minimum absolute atomic E-state index is 0.114. The number of methoxy groups -OCH3 is 1. The second-order valence-corrected chi connectivity index (χ2v) is 6.93. The van der Waals surface area contributed by atoms with E-state index in [1.54, 1.807) is 7.11 Å². The maximum atomic E-state index is 12.4. The monoisotopic (exact) mass is 354 g/mol. The highest BCUT2D eigenvalue weighted by Gasteiger charge is 2.37. The van der Waals surface area contributed by atoms with Crippen LogP contribution in [0.2, 0.25) is 5.02 Å². The lowest BCUT2D eigenvalue weighted by Crippen LogP contribution is -2.51. The van der Waals surface area contributed by atoms with Crippen molar-refractivity contribution in [3.63, 3.8) is 0 Å². The van der Waals surface area contributed by atoms with Crippen molar-refractivity contribution in [2.75, 3.05) is 46.5 Å². The summed E-state index contributed by atoms with van der Waals surface area (Å²) in [6.07, 6.45) is 1.94. The number of halogens is 1. The number of rotatable bonds is 8. The molecule has 6 heteroatoms. The zero-order valence-electron chi connectivity index (χ0n) is 14.5. The normalized spacial score (nSPS) is 21.5. The lowest BCUT2D eigenvalue weighted by molar-refractivity contribution is -0.133. The van der Waals surface area contributed by atoms with Gasteiger partial charge in [0.1, 0.15) is 12.4 Å². The summed E-state index contributed by atoms with van der Waals surface area (Å²) in [4.78, 5) is 14.7. The topological polar surface area (TPSA) is 50.8 Å². The van der Waals surface area contributed by atoms with Crippen molar-refractivity contribution in [1.82, 2.24) is 10.2 Å². The Labute approximate surface area is 149 Å². The molecule has 1 heterocycles. The van der Waals surface area contributed by atoms with Crippen molar-refractivity contribution in [2.24, 2.45) is 5.41 Å². The van der Waals surface area contributed by atoms with Crippen molar-refractivity contribution in [3.05, 3.63) is 29.3 Å². The van der Waals surface area contributed by atoms with Gasteiger partial charge in [-0.2, -0.15) is 0 Å². The first-order chi connectivity index (χ1) is 11.5. The zero-order chi connectivity index (χ0) is 17.4. The molecule has 1 atom stereocenters. The second kappa shape index (κ2) is 9.25. The fraction of sp³-hybridized carbons (Fsp3) is 0.611. The highest BCUT2D eigenvalue weighted by Crippen LogP contribution is 2.29. The van der Waals surface area contributed by atoms with Crippen LogP contribution < -0.4 is 10.1 Å². The van der Waals surface area contributed by atoms with Gasteiger partial charge in [-0.15, -0.1) is 0 Å². The Hall–Kier alpha value is -1.30. The average Bonchev–Trinajstić information content (AvgIpc) is 2.57. The van der Waals surface area contributed by atoms with Crippen LogP contribution in [0.15, 0.2) is 24.3 Å². The number of hydrogen-bond donors (Lipinski definition) is 1. The molecule has 1 unspecified atom stereocenters. The Kier molecular flexibility index (Phi) is 7.34. The van der Waals surface area contributed by atoms with E-state index in [1.165, 1.54) is 0 Å². The van der Waals surface area contributed by atoms with Gasteiger partial charge in [0.2, 0.25) is 5.91 Å². The highest BCUT2D eigenvalue weighted by atomic mass is 35.5. The molecule has 0 radical (unpaired) electrons. The van der Waals surface area contributed by atoms with E-state index < -0.39 is 0 Å². The van der Waals surface area contributed by atoms with E-state index in [-0.39, 0.29) is 11.3 Å². The largest absolute Gasteiger partial charge is 0.492 e. The number of nitrogens with zero attached hydrogens (tertiary/aromatic N) is 1. The molecule has 2 rings (SSSR count). The second-order valence-electron chi connectivity index (χ2n) is 6.49. The molecule has 0 bridgehead atoms.